The molecule has 3 heteroatoms. The molecule has 0 radical (unpaired) electrons. The molecule has 0 bridgehead atoms. The summed E-state index contributed by atoms with van der Waals surface area (Å²) in [6, 6.07) is 0. The van der Waals surface area contributed by atoms with Gasteiger partial charge < -0.3 is 5.73 Å². The quantitative estimate of drug-likeness (QED) is 0.896. The van der Waals surface area contributed by atoms with Crippen molar-refractivity contribution >= 4 is 11.3 Å². The fourth-order valence-corrected chi connectivity index (χ4v) is 4.42. The van der Waals surface area contributed by atoms with Gasteiger partial charge in [0.25, 0.3) is 0 Å². The average molecular weight is 252 g/mol. The summed E-state index contributed by atoms with van der Waals surface area (Å²) in [7, 11) is 0. The molecule has 2 N–H and O–H groups in total. The Bertz CT molecular complexity index is 404. The van der Waals surface area contributed by atoms with Gasteiger partial charge in [-0.3, -0.25) is 0 Å². The molecular weight excluding hydrogens is 228 g/mol. The molecule has 0 aromatic carbocycles. The lowest BCUT2D eigenvalue weighted by molar-refractivity contribution is 0.232. The number of hydrogen-bond donors (Lipinski definition) is 1. The van der Waals surface area contributed by atoms with Crippen LogP contribution < -0.4 is 5.73 Å². The predicted octanol–water partition coefficient (Wildman–Crippen LogP) is 3.28. The fourth-order valence-electron chi connectivity index (χ4n) is 3.20. The minimum Gasteiger partial charge on any atom is -0.330 e. The first-order chi connectivity index (χ1) is 7.84. The van der Waals surface area contributed by atoms with Crippen molar-refractivity contribution in [3.05, 3.63) is 15.6 Å². The molecule has 2 nitrogen and oxygen atoms in total. The van der Waals surface area contributed by atoms with Crippen LogP contribution in [0.15, 0.2) is 0 Å². The Morgan fingerprint density at radius 2 is 2.00 bits per heavy atom. The van der Waals surface area contributed by atoms with Crippen LogP contribution in [-0.4, -0.2) is 11.5 Å². The molecule has 1 aliphatic carbocycles. The molecule has 1 aromatic heterocycles. The van der Waals surface area contributed by atoms with E-state index in [2.05, 4.69) is 27.7 Å². The molecule has 96 valence electrons. The number of thiazole rings is 1. The smallest absolute Gasteiger partial charge is 0.0931 e. The summed E-state index contributed by atoms with van der Waals surface area (Å²) >= 11 is 1.92. The zero-order chi connectivity index (χ0) is 12.7. The highest BCUT2D eigenvalue weighted by atomic mass is 32.1. The molecule has 2 rings (SSSR count). The third-order valence-corrected chi connectivity index (χ3v) is 5.04. The third-order valence-electron chi connectivity index (χ3n) is 3.52. The zero-order valence-electron chi connectivity index (χ0n) is 11.5. The Balaban J connectivity index is 2.30. The van der Waals surface area contributed by atoms with E-state index in [1.54, 1.807) is 0 Å². The Labute approximate surface area is 109 Å². The maximum atomic E-state index is 5.57. The van der Waals surface area contributed by atoms with E-state index in [9.17, 15) is 0 Å². The van der Waals surface area contributed by atoms with E-state index in [4.69, 9.17) is 10.7 Å². The zero-order valence-corrected chi connectivity index (χ0v) is 12.3. The van der Waals surface area contributed by atoms with Gasteiger partial charge in [-0.25, -0.2) is 4.98 Å². The van der Waals surface area contributed by atoms with Crippen LogP contribution >= 0.6 is 11.3 Å². The molecule has 0 atom stereocenters. The van der Waals surface area contributed by atoms with Gasteiger partial charge in [-0.15, -0.1) is 11.3 Å². The van der Waals surface area contributed by atoms with Crippen LogP contribution in [-0.2, 0) is 18.3 Å². The monoisotopic (exact) mass is 252 g/mol. The van der Waals surface area contributed by atoms with Crippen LogP contribution in [0.1, 0.15) is 56.1 Å². The number of nitrogens with two attached hydrogens (primary N) is 1. The first kappa shape index (κ1) is 13.0. The minimum atomic E-state index is 0.287. The molecule has 0 aliphatic heterocycles. The topological polar surface area (TPSA) is 38.9 Å². The Morgan fingerprint density at radius 3 is 2.65 bits per heavy atom. The van der Waals surface area contributed by atoms with Crippen LogP contribution in [0.4, 0.5) is 0 Å². The normalized spacial score (nSPS) is 21.2. The van der Waals surface area contributed by atoms with Gasteiger partial charge >= 0.3 is 0 Å². The summed E-state index contributed by atoms with van der Waals surface area (Å²) in [5.41, 5.74) is 7.59. The molecule has 0 saturated heterocycles. The maximum absolute atomic E-state index is 5.57. The highest BCUT2D eigenvalue weighted by molar-refractivity contribution is 7.11. The number of rotatable bonds is 3. The maximum Gasteiger partial charge on any atom is 0.0931 e. The van der Waals surface area contributed by atoms with Crippen LogP contribution in [0, 0.1) is 5.41 Å². The highest BCUT2D eigenvalue weighted by Crippen LogP contribution is 2.47. The van der Waals surface area contributed by atoms with Crippen LogP contribution in [0.5, 0.6) is 0 Å². The second kappa shape index (κ2) is 4.36. The van der Waals surface area contributed by atoms with Gasteiger partial charge in [-0.1, -0.05) is 27.7 Å². The lowest BCUT2D eigenvalue weighted by atomic mass is 9.67. The third kappa shape index (κ3) is 2.71. The summed E-state index contributed by atoms with van der Waals surface area (Å²) in [4.78, 5) is 6.36. The summed E-state index contributed by atoms with van der Waals surface area (Å²) in [6.07, 6.45) is 4.48. The lowest BCUT2D eigenvalue weighted by Crippen LogP contribution is -2.33. The second-order valence-electron chi connectivity index (χ2n) is 6.68. The molecule has 0 fully saturated rings. The van der Waals surface area contributed by atoms with Gasteiger partial charge in [0, 0.05) is 16.7 Å². The van der Waals surface area contributed by atoms with E-state index < -0.39 is 0 Å². The van der Waals surface area contributed by atoms with Gasteiger partial charge in [-0.2, -0.15) is 0 Å². The van der Waals surface area contributed by atoms with Crippen molar-refractivity contribution in [2.75, 3.05) is 6.54 Å². The highest BCUT2D eigenvalue weighted by Gasteiger charge is 2.39. The van der Waals surface area contributed by atoms with Crippen molar-refractivity contribution < 1.29 is 0 Å². The number of hydrogen-bond acceptors (Lipinski definition) is 3. The van der Waals surface area contributed by atoms with Crippen molar-refractivity contribution in [3.8, 4) is 0 Å². The number of fused-ring (bicyclic) bond motifs is 1. The minimum absolute atomic E-state index is 0.287. The molecule has 0 amide bonds. The van der Waals surface area contributed by atoms with E-state index >= 15 is 0 Å². The molecule has 17 heavy (non-hydrogen) atoms. The molecule has 1 aromatic rings. The van der Waals surface area contributed by atoms with Gasteiger partial charge in [-0.05, 0) is 31.2 Å². The Kier molecular flexibility index (Phi) is 3.34. The first-order valence-corrected chi connectivity index (χ1v) is 7.35. The van der Waals surface area contributed by atoms with Crippen molar-refractivity contribution in [3.63, 3.8) is 0 Å². The summed E-state index contributed by atoms with van der Waals surface area (Å²) in [5, 5.41) is 1.28. The van der Waals surface area contributed by atoms with Gasteiger partial charge in [0.1, 0.15) is 0 Å². The van der Waals surface area contributed by atoms with Gasteiger partial charge in [0.15, 0.2) is 0 Å². The Hall–Kier alpha value is -0.410. The average Bonchev–Trinajstić information content (AvgIpc) is 2.55. The van der Waals surface area contributed by atoms with Crippen molar-refractivity contribution in [1.82, 2.24) is 4.98 Å². The summed E-state index contributed by atoms with van der Waals surface area (Å²) in [5.74, 6) is 0. The van der Waals surface area contributed by atoms with Crippen molar-refractivity contribution in [2.45, 2.75) is 58.8 Å². The fraction of sp³-hybridized carbons (Fsp3) is 0.786. The SMILES string of the molecule is CC1(C)Cc2nc(CCCN)sc2C(C)(C)C1. The van der Waals surface area contributed by atoms with Crippen molar-refractivity contribution in [1.29, 1.82) is 0 Å². The molecular formula is C14H24N2S. The van der Waals surface area contributed by atoms with E-state index in [1.165, 1.54) is 22.0 Å². The van der Waals surface area contributed by atoms with E-state index in [0.717, 1.165) is 25.8 Å². The number of nitrogens with zero attached hydrogens (tertiary/aromatic N) is 1. The summed E-state index contributed by atoms with van der Waals surface area (Å²) < 4.78 is 0. The van der Waals surface area contributed by atoms with E-state index in [1.807, 2.05) is 11.3 Å². The van der Waals surface area contributed by atoms with Crippen LogP contribution in [0.25, 0.3) is 0 Å². The Morgan fingerprint density at radius 1 is 1.29 bits per heavy atom. The molecule has 1 heterocycles. The van der Waals surface area contributed by atoms with Gasteiger partial charge in [0.2, 0.25) is 0 Å². The number of aromatic nitrogens is 1. The summed E-state index contributed by atoms with van der Waals surface area (Å²) in [6.45, 7) is 10.2. The molecule has 0 spiro atoms. The van der Waals surface area contributed by atoms with Crippen LogP contribution in [0.3, 0.4) is 0 Å². The predicted molar refractivity (Wildman–Crippen MR) is 74.6 cm³/mol. The van der Waals surface area contributed by atoms with Crippen molar-refractivity contribution in [2.24, 2.45) is 11.1 Å². The lowest BCUT2D eigenvalue weighted by Gasteiger charge is -2.39. The first-order valence-electron chi connectivity index (χ1n) is 6.53. The molecule has 1 aliphatic rings. The molecule has 0 unspecified atom stereocenters. The number of aryl methyl sites for hydroxylation is 1. The van der Waals surface area contributed by atoms with Gasteiger partial charge in [0.05, 0.1) is 10.7 Å². The molecule has 0 saturated carbocycles. The second-order valence-corrected chi connectivity index (χ2v) is 7.76. The largest absolute Gasteiger partial charge is 0.330 e. The van der Waals surface area contributed by atoms with E-state index in [-0.39, 0.29) is 5.41 Å². The van der Waals surface area contributed by atoms with E-state index in [0.29, 0.717) is 5.41 Å². The van der Waals surface area contributed by atoms with Crippen LogP contribution in [0.2, 0.25) is 0 Å². The standard InChI is InChI=1S/C14H24N2S/c1-13(2)8-10-12(14(3,4)9-13)17-11(16-10)6-5-7-15/h5-9,15H2,1-4H3.